The van der Waals surface area contributed by atoms with E-state index in [1.807, 2.05) is 24.6 Å². The Morgan fingerprint density at radius 3 is 2.72 bits per heavy atom. The number of fused-ring (bicyclic) bond motifs is 1. The number of ether oxygens (including phenoxy) is 1. The van der Waals surface area contributed by atoms with Gasteiger partial charge in [0.25, 0.3) is 0 Å². The number of halogens is 1. The van der Waals surface area contributed by atoms with E-state index in [1.165, 1.54) is 16.6 Å². The van der Waals surface area contributed by atoms with E-state index in [2.05, 4.69) is 55.1 Å². The van der Waals surface area contributed by atoms with Gasteiger partial charge < -0.3 is 24.9 Å². The first-order chi connectivity index (χ1) is 13.7. The molecule has 0 spiro atoms. The molecule has 2 heterocycles. The summed E-state index contributed by atoms with van der Waals surface area (Å²) in [7, 11) is 3.67. The second-order valence-electron chi connectivity index (χ2n) is 6.72. The van der Waals surface area contributed by atoms with Crippen molar-refractivity contribution in [1.29, 1.82) is 0 Å². The van der Waals surface area contributed by atoms with Gasteiger partial charge in [-0.2, -0.15) is 0 Å². The van der Waals surface area contributed by atoms with E-state index < -0.39 is 0 Å². The van der Waals surface area contributed by atoms with Crippen molar-refractivity contribution in [3.8, 4) is 0 Å². The molecule has 0 unspecified atom stereocenters. The zero-order valence-electron chi connectivity index (χ0n) is 17.2. The number of aromatic nitrogens is 4. The Morgan fingerprint density at radius 1 is 1.21 bits per heavy atom. The summed E-state index contributed by atoms with van der Waals surface area (Å²) in [6, 6.07) is 10.5. The normalized spacial score (nSPS) is 11.5. The summed E-state index contributed by atoms with van der Waals surface area (Å²) in [4.78, 5) is 8.12. The predicted octanol–water partition coefficient (Wildman–Crippen LogP) is 2.54. The molecule has 9 heteroatoms. The van der Waals surface area contributed by atoms with Crippen LogP contribution in [0, 0.1) is 6.92 Å². The third-order valence-electron chi connectivity index (χ3n) is 4.65. The van der Waals surface area contributed by atoms with Gasteiger partial charge in [-0.15, -0.1) is 34.2 Å². The molecule has 3 N–H and O–H groups in total. The number of nitrogens with one attached hydrogen (secondary N) is 3. The highest BCUT2D eigenvalue weighted by Crippen LogP contribution is 2.14. The van der Waals surface area contributed by atoms with Crippen molar-refractivity contribution in [2.75, 3.05) is 26.8 Å². The minimum absolute atomic E-state index is 0. The Hall–Kier alpha value is -2.14. The minimum Gasteiger partial charge on any atom is -0.385 e. The van der Waals surface area contributed by atoms with Crippen LogP contribution in [0.3, 0.4) is 0 Å². The number of methoxy groups -OCH3 is 1. The Labute approximate surface area is 188 Å². The molecule has 2 aromatic heterocycles. The molecular weight excluding hydrogens is 481 g/mol. The third-order valence-corrected chi connectivity index (χ3v) is 4.65. The minimum atomic E-state index is 0. The average molecular weight is 511 g/mol. The number of benzene rings is 1. The van der Waals surface area contributed by atoms with Crippen LogP contribution >= 0.6 is 24.0 Å². The van der Waals surface area contributed by atoms with Gasteiger partial charge in [0.2, 0.25) is 0 Å². The molecule has 0 radical (unpaired) electrons. The van der Waals surface area contributed by atoms with E-state index in [1.54, 1.807) is 7.11 Å². The van der Waals surface area contributed by atoms with Crippen molar-refractivity contribution in [2.24, 2.45) is 12.0 Å². The summed E-state index contributed by atoms with van der Waals surface area (Å²) < 4.78 is 7.07. The standard InChI is InChI=1S/C20H29N7O.HI/c1-15-25-26-19(27(15)2)14-23-20(21-10-6-12-28-3)22-11-9-17-13-16-7-4-5-8-18(16)24-17;/h4-5,7-8,13,24H,6,9-12,14H2,1-3H3,(H2,21,22,23);1H. The van der Waals surface area contributed by atoms with E-state index in [9.17, 15) is 0 Å². The maximum atomic E-state index is 5.11. The highest BCUT2D eigenvalue weighted by atomic mass is 127. The smallest absolute Gasteiger partial charge is 0.191 e. The molecule has 0 aliphatic rings. The molecule has 0 amide bonds. The van der Waals surface area contributed by atoms with Crippen molar-refractivity contribution < 1.29 is 4.74 Å². The maximum Gasteiger partial charge on any atom is 0.191 e. The molecule has 0 aliphatic heterocycles. The van der Waals surface area contributed by atoms with Crippen molar-refractivity contribution in [1.82, 2.24) is 30.4 Å². The van der Waals surface area contributed by atoms with Gasteiger partial charge in [-0.1, -0.05) is 18.2 Å². The molecule has 8 nitrogen and oxygen atoms in total. The largest absolute Gasteiger partial charge is 0.385 e. The van der Waals surface area contributed by atoms with Gasteiger partial charge >= 0.3 is 0 Å². The lowest BCUT2D eigenvalue weighted by molar-refractivity contribution is 0.195. The zero-order valence-corrected chi connectivity index (χ0v) is 19.6. The number of aromatic amines is 1. The first-order valence-corrected chi connectivity index (χ1v) is 9.60. The summed E-state index contributed by atoms with van der Waals surface area (Å²) >= 11 is 0. The van der Waals surface area contributed by atoms with Gasteiger partial charge in [0.05, 0.1) is 0 Å². The fourth-order valence-electron chi connectivity index (χ4n) is 2.92. The van der Waals surface area contributed by atoms with Crippen molar-refractivity contribution in [3.05, 3.63) is 47.7 Å². The molecule has 158 valence electrons. The van der Waals surface area contributed by atoms with Gasteiger partial charge in [0.15, 0.2) is 11.8 Å². The van der Waals surface area contributed by atoms with Gasteiger partial charge in [0, 0.05) is 51.5 Å². The van der Waals surface area contributed by atoms with Gasteiger partial charge in [-0.3, -0.25) is 0 Å². The third kappa shape index (κ3) is 6.70. The number of rotatable bonds is 9. The molecule has 3 rings (SSSR count). The summed E-state index contributed by atoms with van der Waals surface area (Å²) in [5.74, 6) is 2.49. The SMILES string of the molecule is COCCCNC(=NCc1nnc(C)n1C)NCCc1cc2ccccc2[nH]1.I. The molecular formula is C20H30IN7O. The fraction of sp³-hybridized carbons (Fsp3) is 0.450. The lowest BCUT2D eigenvalue weighted by Crippen LogP contribution is -2.39. The van der Waals surface area contributed by atoms with Crippen molar-refractivity contribution in [2.45, 2.75) is 26.3 Å². The van der Waals surface area contributed by atoms with E-state index in [0.29, 0.717) is 6.54 Å². The Kier molecular flexibility index (Phi) is 9.39. The lowest BCUT2D eigenvalue weighted by atomic mass is 10.2. The van der Waals surface area contributed by atoms with Crippen LogP contribution in [0.1, 0.15) is 23.8 Å². The highest BCUT2D eigenvalue weighted by molar-refractivity contribution is 14.0. The highest BCUT2D eigenvalue weighted by Gasteiger charge is 2.06. The van der Waals surface area contributed by atoms with Crippen molar-refractivity contribution in [3.63, 3.8) is 0 Å². The lowest BCUT2D eigenvalue weighted by Gasteiger charge is -2.12. The molecule has 0 aliphatic carbocycles. The van der Waals surface area contributed by atoms with Crippen LogP contribution in [-0.2, 0) is 24.8 Å². The fourth-order valence-corrected chi connectivity index (χ4v) is 2.92. The van der Waals surface area contributed by atoms with Crippen LogP contribution in [0.15, 0.2) is 35.3 Å². The van der Waals surface area contributed by atoms with Gasteiger partial charge in [-0.05, 0) is 30.9 Å². The molecule has 0 atom stereocenters. The zero-order chi connectivity index (χ0) is 19.8. The Bertz CT molecular complexity index is 886. The monoisotopic (exact) mass is 511 g/mol. The van der Waals surface area contributed by atoms with E-state index >= 15 is 0 Å². The van der Waals surface area contributed by atoms with Crippen LogP contribution in [0.25, 0.3) is 10.9 Å². The van der Waals surface area contributed by atoms with E-state index in [4.69, 9.17) is 4.74 Å². The molecule has 0 bridgehead atoms. The van der Waals surface area contributed by atoms with Crippen LogP contribution in [-0.4, -0.2) is 52.5 Å². The van der Waals surface area contributed by atoms with Crippen LogP contribution in [0.5, 0.6) is 0 Å². The first kappa shape index (κ1) is 23.1. The number of guanidine groups is 1. The number of para-hydroxylation sites is 1. The predicted molar refractivity (Wildman–Crippen MR) is 127 cm³/mol. The van der Waals surface area contributed by atoms with E-state index in [-0.39, 0.29) is 24.0 Å². The number of nitrogens with zero attached hydrogens (tertiary/aromatic N) is 4. The number of hydrogen-bond donors (Lipinski definition) is 3. The van der Waals surface area contributed by atoms with Crippen LogP contribution in [0.2, 0.25) is 0 Å². The summed E-state index contributed by atoms with van der Waals surface area (Å²) in [5.41, 5.74) is 2.37. The molecule has 1 aromatic carbocycles. The van der Waals surface area contributed by atoms with Crippen molar-refractivity contribution >= 4 is 40.8 Å². The van der Waals surface area contributed by atoms with Gasteiger partial charge in [0.1, 0.15) is 12.4 Å². The molecule has 0 fully saturated rings. The Morgan fingerprint density at radius 2 is 2.00 bits per heavy atom. The van der Waals surface area contributed by atoms with Gasteiger partial charge in [-0.25, -0.2) is 4.99 Å². The molecule has 0 saturated carbocycles. The summed E-state index contributed by atoms with van der Waals surface area (Å²) in [6.07, 6.45) is 1.80. The quantitative estimate of drug-likeness (QED) is 0.178. The maximum absolute atomic E-state index is 5.11. The molecule has 0 saturated heterocycles. The summed E-state index contributed by atoms with van der Waals surface area (Å²) in [6.45, 7) is 4.70. The second-order valence-corrected chi connectivity index (χ2v) is 6.72. The second kappa shape index (κ2) is 11.8. The van der Waals surface area contributed by atoms with Crippen LogP contribution in [0.4, 0.5) is 0 Å². The number of H-pyrrole nitrogens is 1. The number of hydrogen-bond acceptors (Lipinski definition) is 4. The summed E-state index contributed by atoms with van der Waals surface area (Å²) in [5, 5.41) is 16.3. The average Bonchev–Trinajstić information content (AvgIpc) is 3.26. The van der Waals surface area contributed by atoms with Crippen LogP contribution < -0.4 is 10.6 Å². The number of aliphatic imine (C=N–C) groups is 1. The van der Waals surface area contributed by atoms with E-state index in [0.717, 1.165) is 50.1 Å². The Balaban J connectivity index is 0.00000300. The first-order valence-electron chi connectivity index (χ1n) is 9.60. The number of aryl methyl sites for hydroxylation is 1. The molecule has 3 aromatic rings. The molecule has 29 heavy (non-hydrogen) atoms. The topological polar surface area (TPSA) is 92.2 Å².